The van der Waals surface area contributed by atoms with E-state index >= 15 is 0 Å². The molecule has 1 saturated heterocycles. The van der Waals surface area contributed by atoms with Crippen LogP contribution in [0.25, 0.3) is 0 Å². The second kappa shape index (κ2) is 7.48. The molecule has 1 amide bonds. The Balaban J connectivity index is 1.60. The van der Waals surface area contributed by atoms with Crippen molar-refractivity contribution < 1.29 is 9.53 Å². The summed E-state index contributed by atoms with van der Waals surface area (Å²) in [6, 6.07) is 0.308. The number of nitrogens with one attached hydrogen (secondary N) is 1. The Morgan fingerprint density at radius 1 is 1.14 bits per heavy atom. The van der Waals surface area contributed by atoms with Gasteiger partial charge in [-0.2, -0.15) is 0 Å². The lowest BCUT2D eigenvalue weighted by Crippen LogP contribution is -2.41. The quantitative estimate of drug-likeness (QED) is 0.862. The van der Waals surface area contributed by atoms with Gasteiger partial charge >= 0.3 is 6.09 Å². The van der Waals surface area contributed by atoms with Crippen molar-refractivity contribution in [3.63, 3.8) is 0 Å². The number of alkyl carbamates (subject to hydrolysis) is 1. The zero-order valence-electron chi connectivity index (χ0n) is 14.0. The predicted molar refractivity (Wildman–Crippen MR) is 85.4 cm³/mol. The molecule has 21 heavy (non-hydrogen) atoms. The Bertz CT molecular complexity index is 324. The van der Waals surface area contributed by atoms with Gasteiger partial charge in [0.25, 0.3) is 0 Å². The van der Waals surface area contributed by atoms with Crippen LogP contribution in [0, 0.1) is 5.92 Å². The number of carbonyl (C=O) groups is 1. The Morgan fingerprint density at radius 3 is 2.33 bits per heavy atom. The van der Waals surface area contributed by atoms with Crippen LogP contribution in [0.3, 0.4) is 0 Å². The van der Waals surface area contributed by atoms with E-state index in [0.29, 0.717) is 6.04 Å². The normalized spacial score (nSPS) is 27.6. The van der Waals surface area contributed by atoms with Crippen LogP contribution in [0.2, 0.25) is 0 Å². The van der Waals surface area contributed by atoms with E-state index < -0.39 is 5.60 Å². The van der Waals surface area contributed by atoms with Gasteiger partial charge in [0.15, 0.2) is 0 Å². The average molecular weight is 296 g/mol. The summed E-state index contributed by atoms with van der Waals surface area (Å²) in [4.78, 5) is 14.4. The third-order valence-corrected chi connectivity index (χ3v) is 4.62. The molecule has 0 aromatic carbocycles. The van der Waals surface area contributed by atoms with E-state index in [1.165, 1.54) is 51.7 Å². The summed E-state index contributed by atoms with van der Waals surface area (Å²) in [5, 5.41) is 3.02. The predicted octanol–water partition coefficient (Wildman–Crippen LogP) is 3.56. The van der Waals surface area contributed by atoms with Crippen molar-refractivity contribution in [3.05, 3.63) is 0 Å². The molecule has 2 rings (SSSR count). The van der Waals surface area contributed by atoms with E-state index in [-0.39, 0.29) is 6.09 Å². The van der Waals surface area contributed by atoms with Crippen LogP contribution in [0.1, 0.15) is 65.7 Å². The molecule has 0 spiro atoms. The average Bonchev–Trinajstić information content (AvgIpc) is 2.89. The highest BCUT2D eigenvalue weighted by molar-refractivity contribution is 5.68. The second-order valence-electron chi connectivity index (χ2n) is 7.70. The highest BCUT2D eigenvalue weighted by atomic mass is 16.6. The lowest BCUT2D eigenvalue weighted by atomic mass is 9.84. The minimum Gasteiger partial charge on any atom is -0.444 e. The summed E-state index contributed by atoms with van der Waals surface area (Å²) < 4.78 is 5.33. The summed E-state index contributed by atoms with van der Waals surface area (Å²) in [6.07, 6.45) is 8.53. The molecular formula is C17H32N2O2. The fraction of sp³-hybridized carbons (Fsp3) is 0.941. The molecule has 0 aromatic heterocycles. The first-order chi connectivity index (χ1) is 9.92. The van der Waals surface area contributed by atoms with E-state index in [1.54, 1.807) is 0 Å². The third kappa shape index (κ3) is 6.25. The molecule has 0 radical (unpaired) electrons. The van der Waals surface area contributed by atoms with Gasteiger partial charge in [0, 0.05) is 6.04 Å². The number of rotatable bonds is 4. The molecule has 1 aliphatic heterocycles. The van der Waals surface area contributed by atoms with E-state index in [9.17, 15) is 4.79 Å². The molecule has 122 valence electrons. The topological polar surface area (TPSA) is 41.6 Å². The molecule has 0 atom stereocenters. The number of hydrogen-bond donors (Lipinski definition) is 1. The summed E-state index contributed by atoms with van der Waals surface area (Å²) in [6.45, 7) is 9.59. The van der Waals surface area contributed by atoms with Gasteiger partial charge in [-0.05, 0) is 91.3 Å². The van der Waals surface area contributed by atoms with Crippen molar-refractivity contribution in [1.29, 1.82) is 0 Å². The van der Waals surface area contributed by atoms with Crippen LogP contribution in [0.4, 0.5) is 4.79 Å². The standard InChI is InChI=1S/C17H32N2O2/c1-17(2,3)21-16(20)18-15-8-6-14(7-9-15)10-13-19-11-4-5-12-19/h14-15H,4-13H2,1-3H3,(H,18,20). The first-order valence-electron chi connectivity index (χ1n) is 8.64. The van der Waals surface area contributed by atoms with Crippen molar-refractivity contribution in [2.24, 2.45) is 5.92 Å². The fourth-order valence-electron chi connectivity index (χ4n) is 3.44. The number of ether oxygens (including phenoxy) is 1. The van der Waals surface area contributed by atoms with E-state index in [2.05, 4.69) is 10.2 Å². The van der Waals surface area contributed by atoms with Crippen LogP contribution >= 0.6 is 0 Å². The molecule has 0 bridgehead atoms. The number of amides is 1. The number of carbonyl (C=O) groups excluding carboxylic acids is 1. The van der Waals surface area contributed by atoms with Crippen LogP contribution in [0.5, 0.6) is 0 Å². The monoisotopic (exact) mass is 296 g/mol. The minimum absolute atomic E-state index is 0.261. The fourth-order valence-corrected chi connectivity index (χ4v) is 3.44. The number of likely N-dealkylation sites (tertiary alicyclic amines) is 1. The van der Waals surface area contributed by atoms with Gasteiger partial charge in [-0.1, -0.05) is 0 Å². The molecule has 1 saturated carbocycles. The van der Waals surface area contributed by atoms with Crippen molar-refractivity contribution >= 4 is 6.09 Å². The van der Waals surface area contributed by atoms with E-state index in [4.69, 9.17) is 4.74 Å². The number of nitrogens with zero attached hydrogens (tertiary/aromatic N) is 1. The van der Waals surface area contributed by atoms with Gasteiger partial charge < -0.3 is 15.0 Å². The molecule has 1 heterocycles. The maximum atomic E-state index is 11.8. The van der Waals surface area contributed by atoms with Gasteiger partial charge in [-0.15, -0.1) is 0 Å². The zero-order valence-corrected chi connectivity index (χ0v) is 14.0. The van der Waals surface area contributed by atoms with Gasteiger partial charge in [0.2, 0.25) is 0 Å². The molecule has 1 aliphatic carbocycles. The van der Waals surface area contributed by atoms with Crippen molar-refractivity contribution in [2.75, 3.05) is 19.6 Å². The smallest absolute Gasteiger partial charge is 0.407 e. The van der Waals surface area contributed by atoms with Gasteiger partial charge in [-0.3, -0.25) is 0 Å². The Kier molecular flexibility index (Phi) is 5.91. The molecule has 4 heteroatoms. The maximum absolute atomic E-state index is 11.8. The molecule has 0 aromatic rings. The van der Waals surface area contributed by atoms with Gasteiger partial charge in [0.1, 0.15) is 5.60 Å². The highest BCUT2D eigenvalue weighted by Gasteiger charge is 2.25. The molecule has 1 N–H and O–H groups in total. The first kappa shape index (κ1) is 16.6. The Hall–Kier alpha value is -0.770. The van der Waals surface area contributed by atoms with Gasteiger partial charge in [0.05, 0.1) is 0 Å². The number of hydrogen-bond acceptors (Lipinski definition) is 3. The summed E-state index contributed by atoms with van der Waals surface area (Å²) in [7, 11) is 0. The van der Waals surface area contributed by atoms with E-state index in [0.717, 1.165) is 18.8 Å². The van der Waals surface area contributed by atoms with Crippen LogP contribution in [-0.2, 0) is 4.74 Å². The Labute approximate surface area is 129 Å². The molecule has 4 nitrogen and oxygen atoms in total. The molecular weight excluding hydrogens is 264 g/mol. The van der Waals surface area contributed by atoms with Crippen LogP contribution in [0.15, 0.2) is 0 Å². The molecule has 2 fully saturated rings. The minimum atomic E-state index is -0.406. The highest BCUT2D eigenvalue weighted by Crippen LogP contribution is 2.27. The summed E-state index contributed by atoms with van der Waals surface area (Å²) in [5.74, 6) is 0.849. The van der Waals surface area contributed by atoms with Crippen LogP contribution < -0.4 is 5.32 Å². The lowest BCUT2D eigenvalue weighted by molar-refractivity contribution is 0.0486. The SMILES string of the molecule is CC(C)(C)OC(=O)NC1CCC(CCN2CCCC2)CC1. The van der Waals surface area contributed by atoms with Crippen molar-refractivity contribution in [1.82, 2.24) is 10.2 Å². The molecule has 0 unspecified atom stereocenters. The van der Waals surface area contributed by atoms with Gasteiger partial charge in [-0.25, -0.2) is 4.79 Å². The maximum Gasteiger partial charge on any atom is 0.407 e. The van der Waals surface area contributed by atoms with Crippen LogP contribution in [-0.4, -0.2) is 42.3 Å². The Morgan fingerprint density at radius 2 is 1.76 bits per heavy atom. The second-order valence-corrected chi connectivity index (χ2v) is 7.70. The molecule has 2 aliphatic rings. The van der Waals surface area contributed by atoms with Crippen molar-refractivity contribution in [3.8, 4) is 0 Å². The largest absolute Gasteiger partial charge is 0.444 e. The lowest BCUT2D eigenvalue weighted by Gasteiger charge is -2.30. The first-order valence-corrected chi connectivity index (χ1v) is 8.64. The third-order valence-electron chi connectivity index (χ3n) is 4.62. The summed E-state index contributed by atoms with van der Waals surface area (Å²) in [5.41, 5.74) is -0.406. The zero-order chi connectivity index (χ0) is 15.3. The van der Waals surface area contributed by atoms with E-state index in [1.807, 2.05) is 20.8 Å². The summed E-state index contributed by atoms with van der Waals surface area (Å²) >= 11 is 0. The van der Waals surface area contributed by atoms with Crippen molar-refractivity contribution in [2.45, 2.75) is 77.4 Å².